The van der Waals surface area contributed by atoms with E-state index in [1.54, 1.807) is 0 Å². The molecular weight excluding hydrogens is 362 g/mol. The smallest absolute Gasteiger partial charge is 0.408 e. The van der Waals surface area contributed by atoms with E-state index < -0.39 is 11.7 Å². The van der Waals surface area contributed by atoms with Crippen molar-refractivity contribution in [1.82, 2.24) is 5.32 Å². The predicted octanol–water partition coefficient (Wildman–Crippen LogP) is 4.80. The molecule has 0 aliphatic rings. The van der Waals surface area contributed by atoms with Crippen molar-refractivity contribution in [2.24, 2.45) is 0 Å². The monoisotopic (exact) mass is 377 g/mol. The van der Waals surface area contributed by atoms with Gasteiger partial charge in [0.2, 0.25) is 0 Å². The van der Waals surface area contributed by atoms with Crippen LogP contribution in [0.5, 0.6) is 0 Å². The zero-order chi connectivity index (χ0) is 13.9. The molecule has 0 radical (unpaired) electrons. The van der Waals surface area contributed by atoms with Crippen LogP contribution < -0.4 is 5.32 Å². The van der Waals surface area contributed by atoms with Crippen LogP contribution in [0.2, 0.25) is 0 Å². The Hall–Kier alpha value is -0.550. The summed E-state index contributed by atoms with van der Waals surface area (Å²) in [5.74, 6) is 0. The molecule has 1 amide bonds. The summed E-state index contributed by atoms with van der Waals surface area (Å²) >= 11 is 6.87. The van der Waals surface area contributed by atoms with E-state index in [1.807, 2.05) is 45.9 Å². The minimum absolute atomic E-state index is 0.123. The van der Waals surface area contributed by atoms with Crippen LogP contribution in [0.3, 0.4) is 0 Å². The van der Waals surface area contributed by atoms with Gasteiger partial charge >= 0.3 is 6.09 Å². The number of carbonyl (C=O) groups excluding carboxylic acids is 1. The number of rotatable bonds is 2. The van der Waals surface area contributed by atoms with Gasteiger partial charge in [-0.25, -0.2) is 4.79 Å². The van der Waals surface area contributed by atoms with Crippen LogP contribution in [0.1, 0.15) is 39.3 Å². The van der Waals surface area contributed by atoms with Crippen LogP contribution >= 0.6 is 31.9 Å². The van der Waals surface area contributed by atoms with Crippen molar-refractivity contribution in [2.75, 3.05) is 0 Å². The summed E-state index contributed by atoms with van der Waals surface area (Å²) in [5, 5.41) is 2.81. The summed E-state index contributed by atoms with van der Waals surface area (Å²) in [6, 6.07) is 5.72. The van der Waals surface area contributed by atoms with Crippen LogP contribution in [-0.4, -0.2) is 11.7 Å². The number of carbonyl (C=O) groups is 1. The summed E-state index contributed by atoms with van der Waals surface area (Å²) in [6.45, 7) is 7.43. The van der Waals surface area contributed by atoms with Gasteiger partial charge in [0, 0.05) is 8.95 Å². The van der Waals surface area contributed by atoms with Crippen molar-refractivity contribution in [3.8, 4) is 0 Å². The standard InChI is InChI=1S/C13H17Br2NO2/c1-8(16-12(17)18-13(2,3)4)10-6-5-9(14)7-11(10)15/h5-8H,1-4H3,(H,16,17). The minimum atomic E-state index is -0.485. The molecule has 0 spiro atoms. The summed E-state index contributed by atoms with van der Waals surface area (Å²) in [7, 11) is 0. The van der Waals surface area contributed by atoms with Crippen molar-refractivity contribution < 1.29 is 9.53 Å². The van der Waals surface area contributed by atoms with Gasteiger partial charge < -0.3 is 10.1 Å². The second-order valence-corrected chi connectivity index (χ2v) is 6.80. The molecule has 1 unspecified atom stereocenters. The number of benzene rings is 1. The van der Waals surface area contributed by atoms with Crippen LogP contribution in [0.25, 0.3) is 0 Å². The molecule has 1 rings (SSSR count). The van der Waals surface area contributed by atoms with Crippen molar-refractivity contribution in [3.05, 3.63) is 32.7 Å². The van der Waals surface area contributed by atoms with E-state index in [2.05, 4.69) is 37.2 Å². The predicted molar refractivity (Wildman–Crippen MR) is 79.6 cm³/mol. The maximum Gasteiger partial charge on any atom is 0.408 e. The van der Waals surface area contributed by atoms with Crippen LogP contribution in [-0.2, 0) is 4.74 Å². The average molecular weight is 379 g/mol. The molecule has 1 N–H and O–H groups in total. The molecular formula is C13H17Br2NO2. The SMILES string of the molecule is CC(NC(=O)OC(C)(C)C)c1ccc(Br)cc1Br. The number of hydrogen-bond donors (Lipinski definition) is 1. The molecule has 5 heteroatoms. The summed E-state index contributed by atoms with van der Waals surface area (Å²) in [4.78, 5) is 11.7. The largest absolute Gasteiger partial charge is 0.444 e. The molecule has 1 aromatic carbocycles. The first-order chi connectivity index (χ1) is 8.19. The van der Waals surface area contributed by atoms with E-state index >= 15 is 0 Å². The second kappa shape index (κ2) is 6.06. The molecule has 0 bridgehead atoms. The highest BCUT2D eigenvalue weighted by atomic mass is 79.9. The Morgan fingerprint density at radius 1 is 1.33 bits per heavy atom. The molecule has 0 saturated heterocycles. The van der Waals surface area contributed by atoms with Crippen LogP contribution in [0.15, 0.2) is 27.1 Å². The first kappa shape index (κ1) is 15.5. The zero-order valence-electron chi connectivity index (χ0n) is 10.9. The Morgan fingerprint density at radius 3 is 2.44 bits per heavy atom. The highest BCUT2D eigenvalue weighted by Crippen LogP contribution is 2.26. The summed E-state index contributed by atoms with van der Waals surface area (Å²) < 4.78 is 7.15. The number of halogens is 2. The second-order valence-electron chi connectivity index (χ2n) is 5.03. The molecule has 0 heterocycles. The lowest BCUT2D eigenvalue weighted by molar-refractivity contribution is 0.0508. The van der Waals surface area contributed by atoms with Gasteiger partial charge in [0.15, 0.2) is 0 Å². The minimum Gasteiger partial charge on any atom is -0.444 e. The highest BCUT2D eigenvalue weighted by molar-refractivity contribution is 9.11. The Bertz CT molecular complexity index is 441. The Kier molecular flexibility index (Phi) is 5.22. The van der Waals surface area contributed by atoms with Crippen molar-refractivity contribution in [1.29, 1.82) is 0 Å². The highest BCUT2D eigenvalue weighted by Gasteiger charge is 2.19. The first-order valence-corrected chi connectivity index (χ1v) is 7.22. The first-order valence-electron chi connectivity index (χ1n) is 5.63. The maximum absolute atomic E-state index is 11.7. The van der Waals surface area contributed by atoms with E-state index in [9.17, 15) is 4.79 Å². The molecule has 0 aliphatic heterocycles. The van der Waals surface area contributed by atoms with E-state index in [-0.39, 0.29) is 6.04 Å². The molecule has 0 fully saturated rings. The molecule has 3 nitrogen and oxygen atoms in total. The van der Waals surface area contributed by atoms with Gasteiger partial charge in [-0.2, -0.15) is 0 Å². The van der Waals surface area contributed by atoms with E-state index in [1.165, 1.54) is 0 Å². The topological polar surface area (TPSA) is 38.3 Å². The van der Waals surface area contributed by atoms with Crippen molar-refractivity contribution in [3.63, 3.8) is 0 Å². The third-order valence-corrected chi connectivity index (χ3v) is 3.34. The van der Waals surface area contributed by atoms with Gasteiger partial charge in [0.05, 0.1) is 6.04 Å². The Labute approximate surface area is 125 Å². The van der Waals surface area contributed by atoms with Gasteiger partial charge in [-0.1, -0.05) is 37.9 Å². The number of ether oxygens (including phenoxy) is 1. The fourth-order valence-corrected chi connectivity index (χ4v) is 2.81. The third-order valence-electron chi connectivity index (χ3n) is 2.16. The van der Waals surface area contributed by atoms with Gasteiger partial charge in [0.25, 0.3) is 0 Å². The quantitative estimate of drug-likeness (QED) is 0.802. The number of hydrogen-bond acceptors (Lipinski definition) is 2. The normalized spacial score (nSPS) is 13.0. The molecule has 0 aliphatic carbocycles. The fourth-order valence-electron chi connectivity index (χ4n) is 1.41. The lowest BCUT2D eigenvalue weighted by atomic mass is 10.1. The van der Waals surface area contributed by atoms with Gasteiger partial charge in [-0.05, 0) is 45.4 Å². The van der Waals surface area contributed by atoms with E-state index in [0.717, 1.165) is 14.5 Å². The average Bonchev–Trinajstić information content (AvgIpc) is 2.13. The van der Waals surface area contributed by atoms with E-state index in [0.29, 0.717) is 0 Å². The summed E-state index contributed by atoms with van der Waals surface area (Å²) in [6.07, 6.45) is -0.412. The van der Waals surface area contributed by atoms with Gasteiger partial charge in [-0.15, -0.1) is 0 Å². The number of amides is 1. The van der Waals surface area contributed by atoms with Gasteiger partial charge in [0.1, 0.15) is 5.60 Å². The van der Waals surface area contributed by atoms with Crippen LogP contribution in [0, 0.1) is 0 Å². The number of nitrogens with one attached hydrogen (secondary N) is 1. The van der Waals surface area contributed by atoms with Gasteiger partial charge in [-0.3, -0.25) is 0 Å². The fraction of sp³-hybridized carbons (Fsp3) is 0.462. The molecule has 1 aromatic rings. The van der Waals surface area contributed by atoms with Crippen molar-refractivity contribution in [2.45, 2.75) is 39.3 Å². The molecule has 100 valence electrons. The Balaban J connectivity index is 2.71. The molecule has 0 saturated carbocycles. The molecule has 1 atom stereocenters. The van der Waals surface area contributed by atoms with Crippen LogP contribution in [0.4, 0.5) is 4.79 Å². The van der Waals surface area contributed by atoms with E-state index in [4.69, 9.17) is 4.74 Å². The lowest BCUT2D eigenvalue weighted by Gasteiger charge is -2.22. The number of alkyl carbamates (subject to hydrolysis) is 1. The molecule has 18 heavy (non-hydrogen) atoms. The summed E-state index contributed by atoms with van der Waals surface area (Å²) in [5.41, 5.74) is 0.518. The third kappa shape index (κ3) is 4.98. The van der Waals surface area contributed by atoms with Crippen molar-refractivity contribution >= 4 is 38.0 Å². The Morgan fingerprint density at radius 2 is 1.94 bits per heavy atom. The molecule has 0 aromatic heterocycles. The zero-order valence-corrected chi connectivity index (χ0v) is 14.1. The maximum atomic E-state index is 11.7. The lowest BCUT2D eigenvalue weighted by Crippen LogP contribution is -2.34.